The summed E-state index contributed by atoms with van der Waals surface area (Å²) in [7, 11) is 1.26. The van der Waals surface area contributed by atoms with Gasteiger partial charge in [0, 0.05) is 13.0 Å². The molecule has 0 saturated carbocycles. The first-order valence-electron chi connectivity index (χ1n) is 6.06. The van der Waals surface area contributed by atoms with E-state index in [4.69, 9.17) is 4.74 Å². The fraction of sp³-hybridized carbons (Fsp3) is 0.462. The van der Waals surface area contributed by atoms with Crippen LogP contribution in [0.1, 0.15) is 12.0 Å². The molecule has 2 rings (SSSR count). The van der Waals surface area contributed by atoms with E-state index in [2.05, 4.69) is 10.1 Å². The van der Waals surface area contributed by atoms with Gasteiger partial charge in [-0.05, 0) is 12.1 Å². The Labute approximate surface area is 126 Å². The number of benzene rings is 1. The first kappa shape index (κ1) is 17.6. The summed E-state index contributed by atoms with van der Waals surface area (Å²) < 4.78 is 48.4. The Morgan fingerprint density at radius 1 is 1.33 bits per heavy atom. The number of nitrogens with one attached hydrogen (secondary N) is 1. The van der Waals surface area contributed by atoms with Crippen molar-refractivity contribution < 1.29 is 27.4 Å². The van der Waals surface area contributed by atoms with Gasteiger partial charge in [0.05, 0.1) is 12.7 Å². The van der Waals surface area contributed by atoms with Crippen LogP contribution in [0.3, 0.4) is 0 Å². The summed E-state index contributed by atoms with van der Waals surface area (Å²) in [6.45, 7) is 0.298. The fourth-order valence-corrected chi connectivity index (χ4v) is 2.10. The smallest absolute Gasteiger partial charge is 0.419 e. The predicted molar refractivity (Wildman–Crippen MR) is 71.5 cm³/mol. The Morgan fingerprint density at radius 3 is 2.62 bits per heavy atom. The molecular weight excluding hydrogens is 311 g/mol. The number of carbonyl (C=O) groups is 1. The Balaban J connectivity index is 0.00000220. The number of para-hydroxylation sites is 1. The van der Waals surface area contributed by atoms with E-state index < -0.39 is 29.9 Å². The Hall–Kier alpha value is -1.47. The minimum Gasteiger partial charge on any atom is -0.488 e. The zero-order valence-electron chi connectivity index (χ0n) is 11.1. The highest BCUT2D eigenvalue weighted by atomic mass is 35.5. The minimum atomic E-state index is -4.47. The molecule has 0 radical (unpaired) electrons. The summed E-state index contributed by atoms with van der Waals surface area (Å²) >= 11 is 0. The summed E-state index contributed by atoms with van der Waals surface area (Å²) in [4.78, 5) is 11.3. The Bertz CT molecular complexity index is 496. The molecule has 0 bridgehead atoms. The van der Waals surface area contributed by atoms with Gasteiger partial charge in [0.25, 0.3) is 0 Å². The normalized spacial score (nSPS) is 21.5. The Morgan fingerprint density at radius 2 is 2.00 bits per heavy atom. The van der Waals surface area contributed by atoms with Crippen LogP contribution in [0.15, 0.2) is 24.3 Å². The van der Waals surface area contributed by atoms with E-state index in [9.17, 15) is 18.0 Å². The van der Waals surface area contributed by atoms with Crippen LogP contribution in [-0.2, 0) is 15.7 Å². The molecule has 1 heterocycles. The fourth-order valence-electron chi connectivity index (χ4n) is 2.10. The first-order valence-corrected chi connectivity index (χ1v) is 6.06. The molecule has 1 fully saturated rings. The molecule has 21 heavy (non-hydrogen) atoms. The molecule has 2 atom stereocenters. The van der Waals surface area contributed by atoms with Gasteiger partial charge in [-0.2, -0.15) is 13.2 Å². The van der Waals surface area contributed by atoms with Crippen molar-refractivity contribution in [2.45, 2.75) is 24.7 Å². The van der Waals surface area contributed by atoms with Crippen molar-refractivity contribution in [1.82, 2.24) is 5.32 Å². The van der Waals surface area contributed by atoms with E-state index in [0.717, 1.165) is 6.07 Å². The molecule has 1 saturated heterocycles. The lowest BCUT2D eigenvalue weighted by Crippen LogP contribution is -2.31. The SMILES string of the molecule is COC(=O)C1CC(Oc2ccccc2C(F)(F)F)CN1.Cl. The van der Waals surface area contributed by atoms with Crippen molar-refractivity contribution in [2.75, 3.05) is 13.7 Å². The van der Waals surface area contributed by atoms with Crippen molar-refractivity contribution >= 4 is 18.4 Å². The second kappa shape index (κ2) is 7.00. The van der Waals surface area contributed by atoms with Crippen LogP contribution in [0.5, 0.6) is 5.75 Å². The van der Waals surface area contributed by atoms with E-state index in [0.29, 0.717) is 6.54 Å². The van der Waals surface area contributed by atoms with Crippen molar-refractivity contribution in [2.24, 2.45) is 0 Å². The number of esters is 1. The molecule has 2 unspecified atom stereocenters. The van der Waals surface area contributed by atoms with E-state index in [1.165, 1.54) is 25.3 Å². The lowest BCUT2D eigenvalue weighted by atomic mass is 10.1. The van der Waals surface area contributed by atoms with Crippen molar-refractivity contribution in [3.05, 3.63) is 29.8 Å². The van der Waals surface area contributed by atoms with Gasteiger partial charge in [-0.1, -0.05) is 12.1 Å². The van der Waals surface area contributed by atoms with Crippen LogP contribution in [0.25, 0.3) is 0 Å². The summed E-state index contributed by atoms with van der Waals surface area (Å²) in [6, 6.07) is 4.48. The van der Waals surface area contributed by atoms with Gasteiger partial charge in [0.2, 0.25) is 0 Å². The maximum Gasteiger partial charge on any atom is 0.419 e. The maximum absolute atomic E-state index is 12.8. The number of methoxy groups -OCH3 is 1. The molecule has 1 aromatic rings. The third kappa shape index (κ3) is 4.25. The summed E-state index contributed by atoms with van der Waals surface area (Å²) in [6.07, 6.45) is -4.69. The number of alkyl halides is 3. The Kier molecular flexibility index (Phi) is 5.86. The van der Waals surface area contributed by atoms with Crippen LogP contribution >= 0.6 is 12.4 Å². The van der Waals surface area contributed by atoms with E-state index in [1.807, 2.05) is 0 Å². The minimum absolute atomic E-state index is 0. The number of hydrogen-bond donors (Lipinski definition) is 1. The molecule has 1 aliphatic rings. The molecule has 0 amide bonds. The van der Waals surface area contributed by atoms with E-state index in [1.54, 1.807) is 0 Å². The second-order valence-corrected chi connectivity index (χ2v) is 4.45. The van der Waals surface area contributed by atoms with Crippen molar-refractivity contribution in [1.29, 1.82) is 0 Å². The highest BCUT2D eigenvalue weighted by Gasteiger charge is 2.36. The summed E-state index contributed by atoms with van der Waals surface area (Å²) in [5.41, 5.74) is -0.818. The summed E-state index contributed by atoms with van der Waals surface area (Å²) in [5, 5.41) is 2.86. The molecule has 118 valence electrons. The lowest BCUT2D eigenvalue weighted by molar-refractivity contribution is -0.143. The van der Waals surface area contributed by atoms with E-state index in [-0.39, 0.29) is 24.6 Å². The van der Waals surface area contributed by atoms with Gasteiger partial charge in [0.15, 0.2) is 0 Å². The first-order chi connectivity index (χ1) is 9.41. The maximum atomic E-state index is 12.8. The number of halogens is 4. The number of hydrogen-bond acceptors (Lipinski definition) is 4. The molecular formula is C13H15ClF3NO3. The van der Waals surface area contributed by atoms with Gasteiger partial charge in [-0.15, -0.1) is 12.4 Å². The van der Waals surface area contributed by atoms with Gasteiger partial charge >= 0.3 is 12.1 Å². The lowest BCUT2D eigenvalue weighted by Gasteiger charge is -2.17. The molecule has 8 heteroatoms. The van der Waals surface area contributed by atoms with Crippen LogP contribution < -0.4 is 10.1 Å². The quantitative estimate of drug-likeness (QED) is 0.867. The van der Waals surface area contributed by atoms with Gasteiger partial charge in [-0.3, -0.25) is 4.79 Å². The molecule has 1 aliphatic heterocycles. The number of carbonyl (C=O) groups excluding carboxylic acids is 1. The molecule has 4 nitrogen and oxygen atoms in total. The largest absolute Gasteiger partial charge is 0.488 e. The average molecular weight is 326 g/mol. The molecule has 0 aromatic heterocycles. The molecule has 0 aliphatic carbocycles. The molecule has 0 spiro atoms. The summed E-state index contributed by atoms with van der Waals surface area (Å²) in [5.74, 6) is -0.669. The molecule has 1 N–H and O–H groups in total. The number of ether oxygens (including phenoxy) is 2. The third-order valence-electron chi connectivity index (χ3n) is 3.06. The standard InChI is InChI=1S/C13H14F3NO3.ClH/c1-19-12(18)10-6-8(7-17-10)20-11-5-3-2-4-9(11)13(14,15)16;/h2-5,8,10,17H,6-7H2,1H3;1H. The zero-order chi connectivity index (χ0) is 14.8. The average Bonchev–Trinajstić information content (AvgIpc) is 2.86. The van der Waals surface area contributed by atoms with Crippen molar-refractivity contribution in [3.8, 4) is 5.75 Å². The van der Waals surface area contributed by atoms with Gasteiger partial charge in [-0.25, -0.2) is 0 Å². The zero-order valence-corrected chi connectivity index (χ0v) is 12.0. The van der Waals surface area contributed by atoms with Crippen LogP contribution in [0.4, 0.5) is 13.2 Å². The number of rotatable bonds is 3. The second-order valence-electron chi connectivity index (χ2n) is 4.45. The predicted octanol–water partition coefficient (Wildman–Crippen LogP) is 2.41. The van der Waals surface area contributed by atoms with Crippen LogP contribution in [-0.4, -0.2) is 31.8 Å². The van der Waals surface area contributed by atoms with Crippen LogP contribution in [0, 0.1) is 0 Å². The third-order valence-corrected chi connectivity index (χ3v) is 3.06. The highest BCUT2D eigenvalue weighted by Crippen LogP contribution is 2.36. The monoisotopic (exact) mass is 325 g/mol. The van der Waals surface area contributed by atoms with Gasteiger partial charge in [0.1, 0.15) is 17.9 Å². The molecule has 1 aromatic carbocycles. The van der Waals surface area contributed by atoms with Crippen molar-refractivity contribution in [3.63, 3.8) is 0 Å². The van der Waals surface area contributed by atoms with Crippen LogP contribution in [0.2, 0.25) is 0 Å². The van der Waals surface area contributed by atoms with Gasteiger partial charge < -0.3 is 14.8 Å². The van der Waals surface area contributed by atoms with E-state index >= 15 is 0 Å². The topological polar surface area (TPSA) is 47.6 Å². The highest BCUT2D eigenvalue weighted by molar-refractivity contribution is 5.85.